The number of hydrogen-bond donors (Lipinski definition) is 2. The SMILES string of the molecule is CN(C)C(=O)N1CCC(CO)(Nc2ccccc2)CC1. The summed E-state index contributed by atoms with van der Waals surface area (Å²) < 4.78 is 0. The summed E-state index contributed by atoms with van der Waals surface area (Å²) in [5.74, 6) is 0. The number of amides is 2. The molecular formula is C15H23N3O2. The molecule has 0 spiro atoms. The molecular weight excluding hydrogens is 254 g/mol. The largest absolute Gasteiger partial charge is 0.394 e. The molecule has 1 aromatic rings. The Kier molecular flexibility index (Phi) is 4.49. The molecule has 0 radical (unpaired) electrons. The van der Waals surface area contributed by atoms with Crippen LogP contribution in [0.3, 0.4) is 0 Å². The quantitative estimate of drug-likeness (QED) is 0.882. The van der Waals surface area contributed by atoms with Gasteiger partial charge in [0.1, 0.15) is 0 Å². The van der Waals surface area contributed by atoms with Gasteiger partial charge in [-0.1, -0.05) is 18.2 Å². The van der Waals surface area contributed by atoms with Crippen molar-refractivity contribution in [2.24, 2.45) is 0 Å². The number of aliphatic hydroxyl groups is 1. The third-order valence-corrected chi connectivity index (χ3v) is 3.86. The summed E-state index contributed by atoms with van der Waals surface area (Å²) >= 11 is 0. The van der Waals surface area contributed by atoms with Crippen molar-refractivity contribution < 1.29 is 9.90 Å². The maximum Gasteiger partial charge on any atom is 0.319 e. The maximum atomic E-state index is 11.9. The summed E-state index contributed by atoms with van der Waals surface area (Å²) in [6, 6.07) is 9.94. The Bertz CT molecular complexity index is 440. The lowest BCUT2D eigenvalue weighted by Gasteiger charge is -2.42. The van der Waals surface area contributed by atoms with Crippen LogP contribution in [0.4, 0.5) is 10.5 Å². The predicted molar refractivity (Wildman–Crippen MR) is 79.8 cm³/mol. The average Bonchev–Trinajstić information content (AvgIpc) is 2.48. The zero-order chi connectivity index (χ0) is 14.6. The van der Waals surface area contributed by atoms with Gasteiger partial charge in [-0.25, -0.2) is 4.79 Å². The number of rotatable bonds is 3. The van der Waals surface area contributed by atoms with Gasteiger partial charge in [-0.3, -0.25) is 0 Å². The van der Waals surface area contributed by atoms with Gasteiger partial charge in [-0.05, 0) is 25.0 Å². The third kappa shape index (κ3) is 3.22. The lowest BCUT2D eigenvalue weighted by atomic mass is 9.88. The first-order chi connectivity index (χ1) is 9.56. The van der Waals surface area contributed by atoms with Gasteiger partial charge in [-0.15, -0.1) is 0 Å². The van der Waals surface area contributed by atoms with E-state index in [0.29, 0.717) is 13.1 Å². The van der Waals surface area contributed by atoms with Crippen molar-refractivity contribution in [2.75, 3.05) is 39.1 Å². The molecule has 1 aromatic carbocycles. The van der Waals surface area contributed by atoms with Crippen LogP contribution >= 0.6 is 0 Å². The molecule has 20 heavy (non-hydrogen) atoms. The van der Waals surface area contributed by atoms with Gasteiger partial charge >= 0.3 is 6.03 Å². The van der Waals surface area contributed by atoms with E-state index in [-0.39, 0.29) is 18.2 Å². The molecule has 1 aliphatic heterocycles. The van der Waals surface area contributed by atoms with Crippen LogP contribution in [0.15, 0.2) is 30.3 Å². The average molecular weight is 277 g/mol. The number of nitrogens with zero attached hydrogens (tertiary/aromatic N) is 2. The number of benzene rings is 1. The minimum absolute atomic E-state index is 0.0382. The second kappa shape index (κ2) is 6.13. The number of carbonyl (C=O) groups is 1. The van der Waals surface area contributed by atoms with Crippen molar-refractivity contribution in [3.63, 3.8) is 0 Å². The van der Waals surface area contributed by atoms with Crippen molar-refractivity contribution in [3.8, 4) is 0 Å². The summed E-state index contributed by atoms with van der Waals surface area (Å²) in [7, 11) is 3.52. The highest BCUT2D eigenvalue weighted by atomic mass is 16.3. The monoisotopic (exact) mass is 277 g/mol. The second-order valence-electron chi connectivity index (χ2n) is 5.59. The van der Waals surface area contributed by atoms with Crippen molar-refractivity contribution in [2.45, 2.75) is 18.4 Å². The molecule has 0 aromatic heterocycles. The zero-order valence-electron chi connectivity index (χ0n) is 12.2. The molecule has 0 unspecified atom stereocenters. The lowest BCUT2D eigenvalue weighted by Crippen LogP contribution is -2.54. The fraction of sp³-hybridized carbons (Fsp3) is 0.533. The highest BCUT2D eigenvalue weighted by Gasteiger charge is 2.35. The predicted octanol–water partition coefficient (Wildman–Crippen LogP) is 1.61. The van der Waals surface area contributed by atoms with Crippen LogP contribution in [0.1, 0.15) is 12.8 Å². The molecule has 110 valence electrons. The minimum atomic E-state index is -0.329. The van der Waals surface area contributed by atoms with Crippen molar-refractivity contribution in [3.05, 3.63) is 30.3 Å². The van der Waals surface area contributed by atoms with Crippen LogP contribution in [-0.2, 0) is 0 Å². The summed E-state index contributed by atoms with van der Waals surface area (Å²) in [5.41, 5.74) is 0.679. The van der Waals surface area contributed by atoms with Gasteiger partial charge in [-0.2, -0.15) is 0 Å². The van der Waals surface area contributed by atoms with E-state index >= 15 is 0 Å². The van der Waals surface area contributed by atoms with Gasteiger partial charge in [0, 0.05) is 32.9 Å². The van der Waals surface area contributed by atoms with E-state index in [0.717, 1.165) is 18.5 Å². The first kappa shape index (κ1) is 14.7. The Hall–Kier alpha value is -1.75. The van der Waals surface area contributed by atoms with Crippen LogP contribution in [0, 0.1) is 0 Å². The van der Waals surface area contributed by atoms with Crippen LogP contribution in [0.25, 0.3) is 0 Å². The zero-order valence-corrected chi connectivity index (χ0v) is 12.2. The number of urea groups is 1. The molecule has 0 atom stereocenters. The van der Waals surface area contributed by atoms with Gasteiger partial charge in [0.2, 0.25) is 0 Å². The number of nitrogens with one attached hydrogen (secondary N) is 1. The van der Waals surface area contributed by atoms with E-state index in [1.54, 1.807) is 19.0 Å². The van der Waals surface area contributed by atoms with Gasteiger partial charge < -0.3 is 20.2 Å². The number of anilines is 1. The number of piperidine rings is 1. The number of carbonyl (C=O) groups excluding carboxylic acids is 1. The van der Waals surface area contributed by atoms with E-state index in [1.165, 1.54) is 0 Å². The molecule has 2 amide bonds. The molecule has 1 heterocycles. The van der Waals surface area contributed by atoms with E-state index in [1.807, 2.05) is 35.2 Å². The summed E-state index contributed by atoms with van der Waals surface area (Å²) in [6.45, 7) is 1.40. The summed E-state index contributed by atoms with van der Waals surface area (Å²) in [6.07, 6.45) is 1.50. The Morgan fingerprint density at radius 3 is 2.40 bits per heavy atom. The van der Waals surface area contributed by atoms with Crippen molar-refractivity contribution in [1.29, 1.82) is 0 Å². The number of likely N-dealkylation sites (tertiary alicyclic amines) is 1. The number of para-hydroxylation sites is 1. The first-order valence-electron chi connectivity index (χ1n) is 6.97. The standard InChI is InChI=1S/C15H23N3O2/c1-17(2)14(20)18-10-8-15(12-19,9-11-18)16-13-6-4-3-5-7-13/h3-7,16,19H,8-12H2,1-2H3. The van der Waals surface area contributed by atoms with Crippen LogP contribution in [-0.4, -0.2) is 60.3 Å². The molecule has 2 N–H and O–H groups in total. The Balaban J connectivity index is 2.00. The van der Waals surface area contributed by atoms with Gasteiger partial charge in [0.25, 0.3) is 0 Å². The molecule has 2 rings (SSSR count). The Morgan fingerprint density at radius 1 is 1.30 bits per heavy atom. The van der Waals surface area contributed by atoms with Gasteiger partial charge in [0.05, 0.1) is 12.1 Å². The molecule has 1 fully saturated rings. The highest BCUT2D eigenvalue weighted by molar-refractivity contribution is 5.74. The summed E-state index contributed by atoms with van der Waals surface area (Å²) in [5, 5.41) is 13.2. The summed E-state index contributed by atoms with van der Waals surface area (Å²) in [4.78, 5) is 15.4. The lowest BCUT2D eigenvalue weighted by molar-refractivity contribution is 0.115. The molecule has 0 aliphatic carbocycles. The molecule has 0 bridgehead atoms. The first-order valence-corrected chi connectivity index (χ1v) is 6.97. The second-order valence-corrected chi connectivity index (χ2v) is 5.59. The van der Waals surface area contributed by atoms with E-state index in [4.69, 9.17) is 0 Å². The molecule has 0 saturated carbocycles. The maximum absolute atomic E-state index is 11.9. The fourth-order valence-electron chi connectivity index (χ4n) is 2.56. The fourth-order valence-corrected chi connectivity index (χ4v) is 2.56. The molecule has 5 heteroatoms. The molecule has 5 nitrogen and oxygen atoms in total. The van der Waals surface area contributed by atoms with Crippen LogP contribution < -0.4 is 5.32 Å². The molecule has 1 saturated heterocycles. The van der Waals surface area contributed by atoms with Crippen molar-refractivity contribution >= 4 is 11.7 Å². The van der Waals surface area contributed by atoms with E-state index in [2.05, 4.69) is 5.32 Å². The number of hydrogen-bond acceptors (Lipinski definition) is 3. The minimum Gasteiger partial charge on any atom is -0.394 e. The van der Waals surface area contributed by atoms with Crippen LogP contribution in [0.2, 0.25) is 0 Å². The third-order valence-electron chi connectivity index (χ3n) is 3.86. The Morgan fingerprint density at radius 2 is 1.90 bits per heavy atom. The smallest absolute Gasteiger partial charge is 0.319 e. The van der Waals surface area contributed by atoms with Crippen LogP contribution in [0.5, 0.6) is 0 Å². The number of aliphatic hydroxyl groups excluding tert-OH is 1. The topological polar surface area (TPSA) is 55.8 Å². The highest BCUT2D eigenvalue weighted by Crippen LogP contribution is 2.27. The van der Waals surface area contributed by atoms with E-state index < -0.39 is 0 Å². The Labute approximate surface area is 120 Å². The normalized spacial score (nSPS) is 17.6. The van der Waals surface area contributed by atoms with Crippen molar-refractivity contribution in [1.82, 2.24) is 9.80 Å². The van der Waals surface area contributed by atoms with Gasteiger partial charge in [0.15, 0.2) is 0 Å². The van der Waals surface area contributed by atoms with E-state index in [9.17, 15) is 9.90 Å². The molecule has 1 aliphatic rings.